The van der Waals surface area contributed by atoms with Gasteiger partial charge in [-0.2, -0.15) is 5.26 Å². The Morgan fingerprint density at radius 1 is 1.36 bits per heavy atom. The second-order valence-corrected chi connectivity index (χ2v) is 4.16. The van der Waals surface area contributed by atoms with Gasteiger partial charge in [-0.05, 0) is 22.6 Å². The number of aromatic nitrogens is 2. The van der Waals surface area contributed by atoms with E-state index < -0.39 is 0 Å². The largest absolute Gasteiger partial charge is 0.263 e. The van der Waals surface area contributed by atoms with Crippen LogP contribution in [0.2, 0.25) is 5.02 Å². The van der Waals surface area contributed by atoms with Crippen molar-refractivity contribution < 1.29 is 0 Å². The first-order valence-electron chi connectivity index (χ1n) is 3.72. The SMILES string of the molecule is N#Cc1cnc2c(I)cncc2c1Cl. The molecule has 0 aromatic carbocycles. The number of nitriles is 1. The van der Waals surface area contributed by atoms with E-state index in [0.29, 0.717) is 10.6 Å². The predicted molar refractivity (Wildman–Crippen MR) is 62.0 cm³/mol. The third kappa shape index (κ3) is 1.42. The molecule has 0 saturated heterocycles. The van der Waals surface area contributed by atoms with Crippen molar-refractivity contribution in [2.75, 3.05) is 0 Å². The summed E-state index contributed by atoms with van der Waals surface area (Å²) in [6.07, 6.45) is 4.80. The normalized spacial score (nSPS) is 10.1. The monoisotopic (exact) mass is 315 g/mol. The molecule has 2 aromatic heterocycles. The standard InChI is InChI=1S/C9H3ClIN3/c10-8-5(1-12)2-14-9-6(8)3-13-4-7(9)11/h2-4H. The topological polar surface area (TPSA) is 49.6 Å². The molecule has 0 amide bonds. The van der Waals surface area contributed by atoms with Crippen LogP contribution in [0.4, 0.5) is 0 Å². The summed E-state index contributed by atoms with van der Waals surface area (Å²) in [5.41, 5.74) is 1.16. The first kappa shape index (κ1) is 9.62. The minimum Gasteiger partial charge on any atom is -0.263 e. The molecule has 0 aliphatic heterocycles. The Balaban J connectivity index is 2.92. The Hall–Kier alpha value is -0.930. The zero-order chi connectivity index (χ0) is 10.1. The van der Waals surface area contributed by atoms with Crippen molar-refractivity contribution in [3.05, 3.63) is 32.7 Å². The predicted octanol–water partition coefficient (Wildman–Crippen LogP) is 2.76. The van der Waals surface area contributed by atoms with E-state index in [9.17, 15) is 0 Å². The van der Waals surface area contributed by atoms with Crippen molar-refractivity contribution in [2.24, 2.45) is 0 Å². The van der Waals surface area contributed by atoms with E-state index in [2.05, 4.69) is 32.6 Å². The molecule has 0 radical (unpaired) electrons. The lowest BCUT2D eigenvalue weighted by molar-refractivity contribution is 1.29. The highest BCUT2D eigenvalue weighted by molar-refractivity contribution is 14.1. The first-order chi connectivity index (χ1) is 6.74. The van der Waals surface area contributed by atoms with Crippen LogP contribution in [0.1, 0.15) is 5.56 Å². The molecule has 0 aliphatic carbocycles. The molecule has 0 saturated carbocycles. The van der Waals surface area contributed by atoms with Gasteiger partial charge in [0.2, 0.25) is 0 Å². The Morgan fingerprint density at radius 2 is 2.14 bits per heavy atom. The van der Waals surface area contributed by atoms with Crippen molar-refractivity contribution in [1.82, 2.24) is 9.97 Å². The van der Waals surface area contributed by atoms with Crippen LogP contribution >= 0.6 is 34.2 Å². The summed E-state index contributed by atoms with van der Waals surface area (Å²) in [6.45, 7) is 0. The molecule has 0 bridgehead atoms. The summed E-state index contributed by atoms with van der Waals surface area (Å²) in [5, 5.41) is 9.89. The molecule has 0 unspecified atom stereocenters. The quantitative estimate of drug-likeness (QED) is 0.702. The van der Waals surface area contributed by atoms with Crippen LogP contribution in [0.5, 0.6) is 0 Å². The summed E-state index contributed by atoms with van der Waals surface area (Å²) in [4.78, 5) is 8.17. The molecular formula is C9H3ClIN3. The van der Waals surface area contributed by atoms with Gasteiger partial charge < -0.3 is 0 Å². The van der Waals surface area contributed by atoms with Crippen molar-refractivity contribution in [3.63, 3.8) is 0 Å². The Morgan fingerprint density at radius 3 is 2.86 bits per heavy atom. The summed E-state index contributed by atoms with van der Waals surface area (Å²) < 4.78 is 0.923. The van der Waals surface area contributed by atoms with Crippen LogP contribution in [-0.2, 0) is 0 Å². The molecule has 0 atom stereocenters. The van der Waals surface area contributed by atoms with Gasteiger partial charge in [-0.15, -0.1) is 0 Å². The third-order valence-corrected chi connectivity index (χ3v) is 2.99. The van der Waals surface area contributed by atoms with Crippen LogP contribution in [0.25, 0.3) is 10.9 Å². The van der Waals surface area contributed by atoms with Crippen molar-refractivity contribution in [1.29, 1.82) is 5.26 Å². The molecule has 2 heterocycles. The molecular weight excluding hydrogens is 312 g/mol. The highest BCUT2D eigenvalue weighted by Gasteiger charge is 2.08. The van der Waals surface area contributed by atoms with E-state index >= 15 is 0 Å². The van der Waals surface area contributed by atoms with Crippen LogP contribution in [0.3, 0.4) is 0 Å². The Kier molecular flexibility index (Phi) is 2.52. The minimum atomic E-state index is 0.378. The molecule has 3 nitrogen and oxygen atoms in total. The molecule has 2 aromatic rings. The van der Waals surface area contributed by atoms with Crippen LogP contribution in [0, 0.1) is 14.9 Å². The van der Waals surface area contributed by atoms with Crippen molar-refractivity contribution in [3.8, 4) is 6.07 Å². The maximum atomic E-state index is 8.75. The number of nitrogens with zero attached hydrogens (tertiary/aromatic N) is 3. The third-order valence-electron chi connectivity index (χ3n) is 1.79. The molecule has 5 heteroatoms. The molecule has 2 rings (SSSR count). The van der Waals surface area contributed by atoms with Gasteiger partial charge in [0, 0.05) is 24.0 Å². The van der Waals surface area contributed by atoms with Crippen molar-refractivity contribution in [2.45, 2.75) is 0 Å². The summed E-state index contributed by atoms with van der Waals surface area (Å²) >= 11 is 8.14. The maximum absolute atomic E-state index is 8.75. The van der Waals surface area contributed by atoms with Crippen LogP contribution in [0.15, 0.2) is 18.6 Å². The van der Waals surface area contributed by atoms with Gasteiger partial charge >= 0.3 is 0 Å². The van der Waals surface area contributed by atoms with Crippen molar-refractivity contribution >= 4 is 45.1 Å². The van der Waals surface area contributed by atoms with E-state index in [0.717, 1.165) is 14.5 Å². The first-order valence-corrected chi connectivity index (χ1v) is 5.17. The van der Waals surface area contributed by atoms with Gasteiger partial charge in [0.15, 0.2) is 0 Å². The number of halogens is 2. The van der Waals surface area contributed by atoms with Crippen LogP contribution < -0.4 is 0 Å². The zero-order valence-corrected chi connectivity index (χ0v) is 9.74. The Labute approximate surface area is 98.9 Å². The van der Waals surface area contributed by atoms with Gasteiger partial charge in [-0.3, -0.25) is 9.97 Å². The van der Waals surface area contributed by atoms with E-state index in [4.69, 9.17) is 16.9 Å². The Bertz CT molecular complexity index is 547. The average Bonchev–Trinajstić information content (AvgIpc) is 2.20. The number of hydrogen-bond donors (Lipinski definition) is 0. The number of rotatable bonds is 0. The number of hydrogen-bond acceptors (Lipinski definition) is 3. The average molecular weight is 316 g/mol. The minimum absolute atomic E-state index is 0.378. The second-order valence-electron chi connectivity index (χ2n) is 2.62. The number of pyridine rings is 2. The molecule has 0 fully saturated rings. The fraction of sp³-hybridized carbons (Fsp3) is 0. The second kappa shape index (κ2) is 3.67. The molecule has 68 valence electrons. The lowest BCUT2D eigenvalue weighted by Crippen LogP contribution is -1.88. The van der Waals surface area contributed by atoms with Crippen LogP contribution in [-0.4, -0.2) is 9.97 Å². The van der Waals surface area contributed by atoms with Gasteiger partial charge in [0.05, 0.1) is 19.7 Å². The highest BCUT2D eigenvalue weighted by atomic mass is 127. The maximum Gasteiger partial charge on any atom is 0.102 e. The molecule has 0 N–H and O–H groups in total. The van der Waals surface area contributed by atoms with Gasteiger partial charge in [-0.1, -0.05) is 11.6 Å². The summed E-state index contributed by atoms with van der Waals surface area (Å²) in [5.74, 6) is 0. The van der Waals surface area contributed by atoms with E-state index in [1.165, 1.54) is 6.20 Å². The van der Waals surface area contributed by atoms with Gasteiger partial charge in [0.1, 0.15) is 6.07 Å². The summed E-state index contributed by atoms with van der Waals surface area (Å²) in [7, 11) is 0. The van der Waals surface area contributed by atoms with Gasteiger partial charge in [-0.25, -0.2) is 0 Å². The smallest absolute Gasteiger partial charge is 0.102 e. The zero-order valence-electron chi connectivity index (χ0n) is 6.83. The molecule has 0 spiro atoms. The van der Waals surface area contributed by atoms with E-state index in [1.807, 2.05) is 6.07 Å². The molecule has 14 heavy (non-hydrogen) atoms. The fourth-order valence-corrected chi connectivity index (χ4v) is 1.95. The highest BCUT2D eigenvalue weighted by Crippen LogP contribution is 2.26. The fourth-order valence-electron chi connectivity index (χ4n) is 1.13. The summed E-state index contributed by atoms with van der Waals surface area (Å²) in [6, 6.07) is 1.98. The number of fused-ring (bicyclic) bond motifs is 1. The lowest BCUT2D eigenvalue weighted by Gasteiger charge is -2.01. The van der Waals surface area contributed by atoms with E-state index in [1.54, 1.807) is 12.4 Å². The molecule has 0 aliphatic rings. The lowest BCUT2D eigenvalue weighted by atomic mass is 10.2. The van der Waals surface area contributed by atoms with E-state index in [-0.39, 0.29) is 0 Å². The van der Waals surface area contributed by atoms with Gasteiger partial charge in [0.25, 0.3) is 0 Å².